The minimum atomic E-state index is -3.38. The number of benzene rings is 1. The van der Waals surface area contributed by atoms with Gasteiger partial charge in [0.15, 0.2) is 15.7 Å². The summed E-state index contributed by atoms with van der Waals surface area (Å²) in [5.41, 5.74) is 0.583. The van der Waals surface area contributed by atoms with Crippen LogP contribution in [0.2, 0.25) is 5.02 Å². The molecule has 8 heteroatoms. The molecule has 0 saturated carbocycles. The highest BCUT2D eigenvalue weighted by molar-refractivity contribution is 7.90. The minimum Gasteiger partial charge on any atom is -0.486 e. The van der Waals surface area contributed by atoms with Crippen LogP contribution >= 0.6 is 11.6 Å². The highest BCUT2D eigenvalue weighted by Crippen LogP contribution is 2.27. The second-order valence-electron chi connectivity index (χ2n) is 6.09. The van der Waals surface area contributed by atoms with Crippen molar-refractivity contribution < 1.29 is 13.2 Å². The van der Waals surface area contributed by atoms with Crippen molar-refractivity contribution in [1.82, 2.24) is 15.3 Å². The fourth-order valence-corrected chi connectivity index (χ4v) is 3.80. The zero-order valence-electron chi connectivity index (χ0n) is 13.9. The van der Waals surface area contributed by atoms with E-state index in [1.807, 2.05) is 0 Å². The van der Waals surface area contributed by atoms with E-state index in [9.17, 15) is 8.42 Å². The van der Waals surface area contributed by atoms with Gasteiger partial charge in [-0.25, -0.2) is 18.4 Å². The van der Waals surface area contributed by atoms with Gasteiger partial charge in [0, 0.05) is 29.9 Å². The smallest absolute Gasteiger partial charge is 0.178 e. The van der Waals surface area contributed by atoms with Crippen molar-refractivity contribution in [1.29, 1.82) is 0 Å². The Morgan fingerprint density at radius 3 is 2.72 bits per heavy atom. The molecule has 6 nitrogen and oxygen atoms in total. The number of piperidine rings is 1. The molecule has 1 saturated heterocycles. The summed E-state index contributed by atoms with van der Waals surface area (Å²) >= 11 is 5.85. The number of nitrogens with one attached hydrogen (secondary N) is 1. The van der Waals surface area contributed by atoms with E-state index in [4.69, 9.17) is 16.3 Å². The number of hydrogen-bond donors (Lipinski definition) is 1. The number of rotatable bonds is 5. The van der Waals surface area contributed by atoms with Gasteiger partial charge in [-0.2, -0.15) is 0 Å². The normalized spacial score (nSPS) is 18.1. The van der Waals surface area contributed by atoms with Gasteiger partial charge in [-0.3, -0.25) is 0 Å². The van der Waals surface area contributed by atoms with Crippen molar-refractivity contribution in [2.24, 2.45) is 0 Å². The Morgan fingerprint density at radius 2 is 2.08 bits per heavy atom. The molecule has 1 N–H and O–H groups in total. The minimum absolute atomic E-state index is 0.0655. The lowest BCUT2D eigenvalue weighted by Crippen LogP contribution is -2.30. The Hall–Kier alpha value is -1.70. The molecule has 1 fully saturated rings. The molecule has 0 spiro atoms. The van der Waals surface area contributed by atoms with Crippen LogP contribution in [-0.4, -0.2) is 37.7 Å². The Kier molecular flexibility index (Phi) is 5.56. The molecular weight excluding hydrogens is 362 g/mol. The maximum absolute atomic E-state index is 12.1. The van der Waals surface area contributed by atoms with E-state index >= 15 is 0 Å². The van der Waals surface area contributed by atoms with Gasteiger partial charge in [-0.15, -0.1) is 0 Å². The SMILES string of the molecule is CS(=O)(=O)c1cnc(COc2ccc(Cl)cc2)nc1[C@@H]1CCCNC1. The van der Waals surface area contributed by atoms with E-state index in [0.29, 0.717) is 22.3 Å². The van der Waals surface area contributed by atoms with Crippen molar-refractivity contribution in [2.45, 2.75) is 30.3 Å². The van der Waals surface area contributed by atoms with E-state index in [-0.39, 0.29) is 17.4 Å². The summed E-state index contributed by atoms with van der Waals surface area (Å²) in [6.07, 6.45) is 4.49. The van der Waals surface area contributed by atoms with E-state index in [1.54, 1.807) is 24.3 Å². The average Bonchev–Trinajstić information content (AvgIpc) is 2.61. The van der Waals surface area contributed by atoms with Gasteiger partial charge in [-0.1, -0.05) is 11.6 Å². The van der Waals surface area contributed by atoms with E-state index in [0.717, 1.165) is 25.9 Å². The van der Waals surface area contributed by atoms with Gasteiger partial charge in [-0.05, 0) is 43.7 Å². The van der Waals surface area contributed by atoms with E-state index < -0.39 is 9.84 Å². The fraction of sp³-hybridized carbons (Fsp3) is 0.412. The summed E-state index contributed by atoms with van der Waals surface area (Å²) < 4.78 is 29.8. The first-order valence-corrected chi connectivity index (χ1v) is 10.4. The predicted octanol–water partition coefficient (Wildman–Crippen LogP) is 2.58. The number of hydrogen-bond acceptors (Lipinski definition) is 6. The summed E-state index contributed by atoms with van der Waals surface area (Å²) in [4.78, 5) is 8.89. The predicted molar refractivity (Wildman–Crippen MR) is 95.8 cm³/mol. The lowest BCUT2D eigenvalue weighted by molar-refractivity contribution is 0.294. The number of ether oxygens (including phenoxy) is 1. The second-order valence-corrected chi connectivity index (χ2v) is 8.51. The Bertz CT molecular complexity index is 835. The first-order valence-electron chi connectivity index (χ1n) is 8.08. The monoisotopic (exact) mass is 381 g/mol. The molecule has 2 aromatic rings. The summed E-state index contributed by atoms with van der Waals surface area (Å²) in [6.45, 7) is 1.83. The van der Waals surface area contributed by atoms with Crippen LogP contribution in [-0.2, 0) is 16.4 Å². The van der Waals surface area contributed by atoms with Crippen LogP contribution in [0.4, 0.5) is 0 Å². The Labute approximate surface area is 152 Å². The topological polar surface area (TPSA) is 81.2 Å². The maximum atomic E-state index is 12.1. The van der Waals surface area contributed by atoms with E-state index in [1.165, 1.54) is 12.5 Å². The zero-order chi connectivity index (χ0) is 17.9. The lowest BCUT2D eigenvalue weighted by atomic mass is 9.96. The maximum Gasteiger partial charge on any atom is 0.178 e. The van der Waals surface area contributed by atoms with Crippen LogP contribution < -0.4 is 10.1 Å². The second kappa shape index (κ2) is 7.68. The molecule has 1 aliphatic heterocycles. The zero-order valence-corrected chi connectivity index (χ0v) is 15.5. The molecule has 0 radical (unpaired) electrons. The molecule has 1 aromatic carbocycles. The summed E-state index contributed by atoms with van der Waals surface area (Å²) in [5, 5.41) is 3.93. The van der Waals surface area contributed by atoms with Crippen LogP contribution in [0.1, 0.15) is 30.3 Å². The highest BCUT2D eigenvalue weighted by atomic mass is 35.5. The van der Waals surface area contributed by atoms with Gasteiger partial charge < -0.3 is 10.1 Å². The largest absolute Gasteiger partial charge is 0.486 e. The third kappa shape index (κ3) is 4.68. The third-order valence-corrected chi connectivity index (χ3v) is 5.46. The number of nitrogens with zero attached hydrogens (tertiary/aromatic N) is 2. The number of aromatic nitrogens is 2. The Balaban J connectivity index is 1.84. The van der Waals surface area contributed by atoms with Crippen molar-refractivity contribution in [3.05, 3.63) is 47.0 Å². The summed E-state index contributed by atoms with van der Waals surface area (Å²) in [6, 6.07) is 7.01. The molecule has 1 aliphatic rings. The molecule has 0 unspecified atom stereocenters. The lowest BCUT2D eigenvalue weighted by Gasteiger charge is -2.24. The molecule has 134 valence electrons. The first-order chi connectivity index (χ1) is 11.9. The molecule has 0 amide bonds. The van der Waals surface area contributed by atoms with Gasteiger partial charge in [0.2, 0.25) is 0 Å². The Morgan fingerprint density at radius 1 is 1.32 bits per heavy atom. The molecule has 3 rings (SSSR count). The van der Waals surface area contributed by atoms with Crippen molar-refractivity contribution in [2.75, 3.05) is 19.3 Å². The van der Waals surface area contributed by atoms with Crippen molar-refractivity contribution >= 4 is 21.4 Å². The van der Waals surface area contributed by atoms with Crippen LogP contribution in [0, 0.1) is 0 Å². The number of sulfone groups is 1. The first kappa shape index (κ1) is 18.1. The molecule has 0 aliphatic carbocycles. The third-order valence-electron chi connectivity index (χ3n) is 4.10. The van der Waals surface area contributed by atoms with Gasteiger partial charge >= 0.3 is 0 Å². The quantitative estimate of drug-likeness (QED) is 0.857. The average molecular weight is 382 g/mol. The fourth-order valence-electron chi connectivity index (χ4n) is 2.83. The summed E-state index contributed by atoms with van der Waals surface area (Å²) in [5.74, 6) is 1.18. The molecule has 25 heavy (non-hydrogen) atoms. The van der Waals surface area contributed by atoms with E-state index in [2.05, 4.69) is 15.3 Å². The van der Waals surface area contributed by atoms with Crippen LogP contribution in [0.25, 0.3) is 0 Å². The van der Waals surface area contributed by atoms with Crippen molar-refractivity contribution in [3.63, 3.8) is 0 Å². The van der Waals surface area contributed by atoms with Crippen LogP contribution in [0.15, 0.2) is 35.4 Å². The molecule has 2 heterocycles. The summed E-state index contributed by atoms with van der Waals surface area (Å²) in [7, 11) is -3.38. The molecule has 1 atom stereocenters. The van der Waals surface area contributed by atoms with Gasteiger partial charge in [0.25, 0.3) is 0 Å². The molecule has 0 bridgehead atoms. The van der Waals surface area contributed by atoms with Gasteiger partial charge in [0.05, 0.1) is 5.69 Å². The van der Waals surface area contributed by atoms with Crippen LogP contribution in [0.3, 0.4) is 0 Å². The molecule has 1 aromatic heterocycles. The van der Waals surface area contributed by atoms with Crippen LogP contribution in [0.5, 0.6) is 5.75 Å². The standard InChI is InChI=1S/C17H20ClN3O3S/c1-25(22,23)15-10-20-16(11-24-14-6-4-13(18)5-7-14)21-17(15)12-3-2-8-19-9-12/h4-7,10,12,19H,2-3,8-9,11H2,1H3/t12-/m1/s1. The highest BCUT2D eigenvalue weighted by Gasteiger charge is 2.25. The molecular formula is C17H20ClN3O3S. The number of halogens is 1. The van der Waals surface area contributed by atoms with Crippen molar-refractivity contribution in [3.8, 4) is 5.75 Å². The van der Waals surface area contributed by atoms with Gasteiger partial charge in [0.1, 0.15) is 17.3 Å².